The smallest absolute Gasteiger partial charge is 0.123 e. The summed E-state index contributed by atoms with van der Waals surface area (Å²) < 4.78 is 13.0. The van der Waals surface area contributed by atoms with Crippen molar-refractivity contribution in [3.8, 4) is 0 Å². The molecule has 0 aliphatic heterocycles. The first-order valence-corrected chi connectivity index (χ1v) is 6.79. The molecule has 0 aliphatic rings. The van der Waals surface area contributed by atoms with E-state index in [2.05, 4.69) is 12.2 Å². The average molecular weight is 278 g/mol. The fourth-order valence-corrected chi connectivity index (χ4v) is 2.19. The zero-order valence-electron chi connectivity index (χ0n) is 9.98. The van der Waals surface area contributed by atoms with Gasteiger partial charge < -0.3 is 5.32 Å². The zero-order chi connectivity index (χ0) is 12.7. The second-order valence-electron chi connectivity index (χ2n) is 4.12. The number of nitrogens with one attached hydrogen (secondary N) is 1. The van der Waals surface area contributed by atoms with Crippen molar-refractivity contribution >= 4 is 23.2 Å². The molecule has 0 amide bonds. The first kappa shape index (κ1) is 14.7. The molecule has 0 heterocycles. The molecule has 0 aliphatic carbocycles. The van der Waals surface area contributed by atoms with E-state index in [9.17, 15) is 4.39 Å². The maximum absolute atomic E-state index is 13.0. The number of benzene rings is 1. The molecule has 0 fully saturated rings. The lowest BCUT2D eigenvalue weighted by atomic mass is 10.0. The maximum atomic E-state index is 13.0. The fourth-order valence-electron chi connectivity index (χ4n) is 1.69. The summed E-state index contributed by atoms with van der Waals surface area (Å²) >= 11 is 11.7. The molecule has 4 heteroatoms. The molecule has 1 rings (SSSR count). The number of hydrogen-bond acceptors (Lipinski definition) is 1. The van der Waals surface area contributed by atoms with Crippen LogP contribution in [0.15, 0.2) is 18.2 Å². The molecule has 1 unspecified atom stereocenters. The van der Waals surface area contributed by atoms with Crippen molar-refractivity contribution in [1.29, 1.82) is 0 Å². The van der Waals surface area contributed by atoms with Gasteiger partial charge in [0.25, 0.3) is 0 Å². The van der Waals surface area contributed by atoms with Gasteiger partial charge in [0.2, 0.25) is 0 Å². The summed E-state index contributed by atoms with van der Waals surface area (Å²) in [6, 6.07) is 4.43. The second-order valence-corrected chi connectivity index (χ2v) is 4.90. The van der Waals surface area contributed by atoms with Gasteiger partial charge in [-0.25, -0.2) is 4.39 Å². The number of hydrogen-bond donors (Lipinski definition) is 1. The van der Waals surface area contributed by atoms with E-state index in [1.165, 1.54) is 12.1 Å². The molecule has 96 valence electrons. The summed E-state index contributed by atoms with van der Waals surface area (Å²) in [6.07, 6.45) is 2.10. The highest BCUT2D eigenvalue weighted by molar-refractivity contribution is 6.31. The highest BCUT2D eigenvalue weighted by atomic mass is 35.5. The van der Waals surface area contributed by atoms with Crippen LogP contribution in [0.1, 0.15) is 25.3 Å². The van der Waals surface area contributed by atoms with E-state index in [1.54, 1.807) is 6.07 Å². The van der Waals surface area contributed by atoms with Crippen molar-refractivity contribution in [3.63, 3.8) is 0 Å². The maximum Gasteiger partial charge on any atom is 0.123 e. The normalized spacial score (nSPS) is 12.7. The van der Waals surface area contributed by atoms with Crippen LogP contribution in [0.4, 0.5) is 4.39 Å². The quantitative estimate of drug-likeness (QED) is 0.736. The van der Waals surface area contributed by atoms with Crippen LogP contribution >= 0.6 is 23.2 Å². The molecule has 0 spiro atoms. The van der Waals surface area contributed by atoms with Gasteiger partial charge in [-0.3, -0.25) is 0 Å². The molecule has 0 saturated heterocycles. The molecular formula is C13H18Cl2FN. The van der Waals surface area contributed by atoms with Crippen LogP contribution in [-0.2, 0) is 6.54 Å². The van der Waals surface area contributed by atoms with Gasteiger partial charge in [0.15, 0.2) is 0 Å². The van der Waals surface area contributed by atoms with Gasteiger partial charge in [-0.15, -0.1) is 11.6 Å². The van der Waals surface area contributed by atoms with Crippen LogP contribution < -0.4 is 5.32 Å². The van der Waals surface area contributed by atoms with E-state index in [4.69, 9.17) is 23.2 Å². The van der Waals surface area contributed by atoms with E-state index in [0.29, 0.717) is 23.4 Å². The summed E-state index contributed by atoms with van der Waals surface area (Å²) in [4.78, 5) is 0. The predicted octanol–water partition coefficient (Wildman–Crippen LogP) is 4.22. The minimum Gasteiger partial charge on any atom is -0.312 e. The van der Waals surface area contributed by atoms with Gasteiger partial charge in [-0.1, -0.05) is 24.9 Å². The Kier molecular flexibility index (Phi) is 6.86. The Labute approximate surface area is 112 Å². The molecule has 0 saturated carbocycles. The van der Waals surface area contributed by atoms with Crippen molar-refractivity contribution < 1.29 is 4.39 Å². The summed E-state index contributed by atoms with van der Waals surface area (Å²) in [7, 11) is 0. The fraction of sp³-hybridized carbons (Fsp3) is 0.538. The molecule has 1 N–H and O–H groups in total. The van der Waals surface area contributed by atoms with Crippen molar-refractivity contribution in [2.75, 3.05) is 12.4 Å². The van der Waals surface area contributed by atoms with Crippen molar-refractivity contribution in [2.24, 2.45) is 5.92 Å². The third kappa shape index (κ3) is 5.24. The Bertz CT molecular complexity index is 344. The molecule has 0 radical (unpaired) electrons. The van der Waals surface area contributed by atoms with Crippen LogP contribution in [-0.4, -0.2) is 12.4 Å². The highest BCUT2D eigenvalue weighted by Crippen LogP contribution is 2.17. The van der Waals surface area contributed by atoms with Crippen LogP contribution in [0, 0.1) is 11.7 Å². The van der Waals surface area contributed by atoms with Crippen LogP contribution in [0.2, 0.25) is 5.02 Å². The third-order valence-corrected chi connectivity index (χ3v) is 3.44. The summed E-state index contributed by atoms with van der Waals surface area (Å²) in [5.74, 6) is 1.000. The third-order valence-electron chi connectivity index (χ3n) is 2.85. The van der Waals surface area contributed by atoms with Crippen molar-refractivity contribution in [2.45, 2.75) is 26.3 Å². The molecule has 1 aromatic rings. The van der Waals surface area contributed by atoms with Crippen LogP contribution in [0.5, 0.6) is 0 Å². The van der Waals surface area contributed by atoms with Crippen molar-refractivity contribution in [1.82, 2.24) is 5.32 Å². The van der Waals surface area contributed by atoms with E-state index >= 15 is 0 Å². The first-order chi connectivity index (χ1) is 8.17. The molecule has 0 bridgehead atoms. The molecule has 1 aromatic carbocycles. The minimum atomic E-state index is -0.251. The lowest BCUT2D eigenvalue weighted by Crippen LogP contribution is -2.22. The second kappa shape index (κ2) is 7.91. The highest BCUT2D eigenvalue weighted by Gasteiger charge is 2.06. The van der Waals surface area contributed by atoms with E-state index in [0.717, 1.165) is 24.9 Å². The predicted molar refractivity (Wildman–Crippen MR) is 72.2 cm³/mol. The van der Waals surface area contributed by atoms with Crippen LogP contribution in [0.25, 0.3) is 0 Å². The summed E-state index contributed by atoms with van der Waals surface area (Å²) in [5.41, 5.74) is 0.799. The molecule has 0 aromatic heterocycles. The first-order valence-electron chi connectivity index (χ1n) is 5.88. The Morgan fingerprint density at radius 1 is 1.41 bits per heavy atom. The van der Waals surface area contributed by atoms with E-state index in [-0.39, 0.29) is 5.82 Å². The number of halogens is 3. The van der Waals surface area contributed by atoms with E-state index in [1.807, 2.05) is 0 Å². The number of rotatable bonds is 7. The molecule has 1 nitrogen and oxygen atoms in total. The largest absolute Gasteiger partial charge is 0.312 e. The standard InChI is InChI=1S/C13H18Cl2FN/c1-2-10(5-6-14)8-17-9-11-7-12(16)3-4-13(11)15/h3-4,7,10,17H,2,5-6,8-9H2,1H3. The van der Waals surface area contributed by atoms with Gasteiger partial charge >= 0.3 is 0 Å². The van der Waals surface area contributed by atoms with Gasteiger partial charge in [0.05, 0.1) is 0 Å². The Morgan fingerprint density at radius 3 is 2.82 bits per heavy atom. The summed E-state index contributed by atoms with van der Waals surface area (Å²) in [5, 5.41) is 3.90. The van der Waals surface area contributed by atoms with E-state index < -0.39 is 0 Å². The van der Waals surface area contributed by atoms with Gasteiger partial charge in [-0.05, 0) is 42.6 Å². The molecule has 17 heavy (non-hydrogen) atoms. The van der Waals surface area contributed by atoms with Gasteiger partial charge in [-0.2, -0.15) is 0 Å². The van der Waals surface area contributed by atoms with Gasteiger partial charge in [0.1, 0.15) is 5.82 Å². The van der Waals surface area contributed by atoms with Crippen molar-refractivity contribution in [3.05, 3.63) is 34.6 Å². The topological polar surface area (TPSA) is 12.0 Å². The lowest BCUT2D eigenvalue weighted by Gasteiger charge is -2.14. The Morgan fingerprint density at radius 2 is 2.18 bits per heavy atom. The lowest BCUT2D eigenvalue weighted by molar-refractivity contribution is 0.451. The Balaban J connectivity index is 2.42. The minimum absolute atomic E-state index is 0.251. The zero-order valence-corrected chi connectivity index (χ0v) is 11.5. The number of alkyl halides is 1. The van der Waals surface area contributed by atoms with Crippen LogP contribution in [0.3, 0.4) is 0 Å². The van der Waals surface area contributed by atoms with Gasteiger partial charge in [0, 0.05) is 17.4 Å². The molecular weight excluding hydrogens is 260 g/mol. The monoisotopic (exact) mass is 277 g/mol. The Hall–Kier alpha value is -0.310. The average Bonchev–Trinajstić information content (AvgIpc) is 2.32. The SMILES string of the molecule is CCC(CCCl)CNCc1cc(F)ccc1Cl. The summed E-state index contributed by atoms with van der Waals surface area (Å²) in [6.45, 7) is 3.62. The molecule has 1 atom stereocenters.